The van der Waals surface area contributed by atoms with Gasteiger partial charge in [-0.05, 0) is 39.2 Å². The molecular weight excluding hydrogens is 392 g/mol. The molecule has 1 aliphatic heterocycles. The van der Waals surface area contributed by atoms with Crippen LogP contribution < -0.4 is 5.32 Å². The highest BCUT2D eigenvalue weighted by molar-refractivity contribution is 5.81. The molecule has 1 atom stereocenters. The molecule has 158 valence electrons. The van der Waals surface area contributed by atoms with E-state index in [2.05, 4.69) is 15.5 Å². The minimum atomic E-state index is -2.61. The zero-order valence-corrected chi connectivity index (χ0v) is 16.9. The Hall–Kier alpha value is -2.84. The fourth-order valence-corrected chi connectivity index (χ4v) is 4.73. The third-order valence-corrected chi connectivity index (χ3v) is 6.24. The van der Waals surface area contributed by atoms with Gasteiger partial charge in [0.2, 0.25) is 11.8 Å². The van der Waals surface area contributed by atoms with Gasteiger partial charge in [0.15, 0.2) is 5.65 Å². The van der Waals surface area contributed by atoms with Crippen LogP contribution in [0.1, 0.15) is 67.9 Å². The molecule has 5 rings (SSSR count). The number of nitrogens with one attached hydrogen (secondary N) is 1. The van der Waals surface area contributed by atoms with Crippen molar-refractivity contribution < 1.29 is 18.1 Å². The van der Waals surface area contributed by atoms with Gasteiger partial charge in [-0.25, -0.2) is 18.7 Å². The SMILES string of the molecule is Cc1noc(C)c1-c1cnc2c(c1)nc([C@@H]1CCC(=O)N1)n2C1CCC(F)(F)CC1. The molecule has 9 heteroatoms. The van der Waals surface area contributed by atoms with Crippen molar-refractivity contribution in [1.82, 2.24) is 25.0 Å². The molecule has 1 amide bonds. The van der Waals surface area contributed by atoms with E-state index >= 15 is 0 Å². The summed E-state index contributed by atoms with van der Waals surface area (Å²) < 4.78 is 34.8. The van der Waals surface area contributed by atoms with Crippen LogP contribution in [0.5, 0.6) is 0 Å². The summed E-state index contributed by atoms with van der Waals surface area (Å²) in [5.74, 6) is -1.23. The zero-order valence-electron chi connectivity index (χ0n) is 16.9. The lowest BCUT2D eigenvalue weighted by Gasteiger charge is -2.31. The summed E-state index contributed by atoms with van der Waals surface area (Å²) in [6.45, 7) is 3.72. The number of hydrogen-bond acceptors (Lipinski definition) is 5. The van der Waals surface area contributed by atoms with Crippen molar-refractivity contribution in [3.63, 3.8) is 0 Å². The number of fused-ring (bicyclic) bond motifs is 1. The standard InChI is InChI=1S/C21H23F2N5O2/c1-11-18(12(2)30-27-11)13-9-16-19(24-10-13)28(14-5-7-21(22,23)8-6-14)20(26-16)15-3-4-17(29)25-15/h9-10,14-15H,3-8H2,1-2H3,(H,25,29)/t15-/m0/s1. The van der Waals surface area contributed by atoms with Crippen molar-refractivity contribution in [2.45, 2.75) is 70.4 Å². The van der Waals surface area contributed by atoms with Crippen molar-refractivity contribution in [1.29, 1.82) is 0 Å². The molecule has 2 fully saturated rings. The molecule has 1 saturated carbocycles. The maximum absolute atomic E-state index is 13.8. The quantitative estimate of drug-likeness (QED) is 0.685. The minimum Gasteiger partial charge on any atom is -0.361 e. The molecule has 30 heavy (non-hydrogen) atoms. The summed E-state index contributed by atoms with van der Waals surface area (Å²) in [6, 6.07) is 1.60. The summed E-state index contributed by atoms with van der Waals surface area (Å²) in [6.07, 6.45) is 3.26. The highest BCUT2D eigenvalue weighted by atomic mass is 19.3. The third-order valence-electron chi connectivity index (χ3n) is 6.24. The Morgan fingerprint density at radius 3 is 2.63 bits per heavy atom. The number of carbonyl (C=O) groups excluding carboxylic acids is 1. The van der Waals surface area contributed by atoms with E-state index in [0.29, 0.717) is 48.4 Å². The topological polar surface area (TPSA) is 85.8 Å². The molecular formula is C21H23F2N5O2. The molecule has 0 bridgehead atoms. The molecule has 4 heterocycles. The minimum absolute atomic E-state index is 0.0156. The Morgan fingerprint density at radius 2 is 2.00 bits per heavy atom. The average Bonchev–Trinajstić information content (AvgIpc) is 3.38. The van der Waals surface area contributed by atoms with E-state index in [1.165, 1.54) is 0 Å². The van der Waals surface area contributed by atoms with E-state index in [-0.39, 0.29) is 30.8 Å². The van der Waals surface area contributed by atoms with Gasteiger partial charge < -0.3 is 14.4 Å². The summed E-state index contributed by atoms with van der Waals surface area (Å²) in [5, 5.41) is 6.97. The van der Waals surface area contributed by atoms with Gasteiger partial charge in [0, 0.05) is 42.6 Å². The van der Waals surface area contributed by atoms with E-state index in [4.69, 9.17) is 9.51 Å². The zero-order chi connectivity index (χ0) is 21.0. The normalized spacial score (nSPS) is 22.0. The number of hydrogen-bond donors (Lipinski definition) is 1. The van der Waals surface area contributed by atoms with Crippen LogP contribution in [0.2, 0.25) is 0 Å². The molecule has 2 aliphatic rings. The van der Waals surface area contributed by atoms with Crippen molar-refractivity contribution in [3.05, 3.63) is 29.5 Å². The maximum Gasteiger partial charge on any atom is 0.248 e. The number of rotatable bonds is 3. The molecule has 1 saturated heterocycles. The number of aryl methyl sites for hydroxylation is 2. The predicted octanol–water partition coefficient (Wildman–Crippen LogP) is 4.40. The van der Waals surface area contributed by atoms with Crippen LogP contribution in [0.4, 0.5) is 8.78 Å². The summed E-state index contributed by atoms with van der Waals surface area (Å²) in [5.41, 5.74) is 3.84. The fraction of sp³-hybridized carbons (Fsp3) is 0.524. The monoisotopic (exact) mass is 415 g/mol. The Kier molecular flexibility index (Phi) is 4.37. The predicted molar refractivity (Wildman–Crippen MR) is 105 cm³/mol. The second kappa shape index (κ2) is 6.85. The fourth-order valence-electron chi connectivity index (χ4n) is 4.73. The molecule has 0 unspecified atom stereocenters. The first-order chi connectivity index (χ1) is 14.3. The average molecular weight is 415 g/mol. The third kappa shape index (κ3) is 3.16. The Morgan fingerprint density at radius 1 is 1.23 bits per heavy atom. The van der Waals surface area contributed by atoms with Gasteiger partial charge in [0.1, 0.15) is 17.1 Å². The molecule has 0 aromatic carbocycles. The van der Waals surface area contributed by atoms with Crippen molar-refractivity contribution in [2.24, 2.45) is 0 Å². The molecule has 3 aromatic heterocycles. The first kappa shape index (κ1) is 19.1. The van der Waals surface area contributed by atoms with Crippen molar-refractivity contribution in [2.75, 3.05) is 0 Å². The van der Waals surface area contributed by atoms with Gasteiger partial charge in [0.05, 0.1) is 11.7 Å². The van der Waals surface area contributed by atoms with Crippen molar-refractivity contribution in [3.8, 4) is 11.1 Å². The number of aromatic nitrogens is 4. The summed E-state index contributed by atoms with van der Waals surface area (Å²) >= 11 is 0. The van der Waals surface area contributed by atoms with Crippen LogP contribution in [-0.2, 0) is 4.79 Å². The first-order valence-electron chi connectivity index (χ1n) is 10.3. The first-order valence-corrected chi connectivity index (χ1v) is 10.3. The van der Waals surface area contributed by atoms with Crippen molar-refractivity contribution >= 4 is 17.1 Å². The van der Waals surface area contributed by atoms with Crippen LogP contribution in [-0.4, -0.2) is 31.5 Å². The van der Waals surface area contributed by atoms with Crippen LogP contribution in [0, 0.1) is 13.8 Å². The molecule has 0 radical (unpaired) electrons. The molecule has 7 nitrogen and oxygen atoms in total. The lowest BCUT2D eigenvalue weighted by atomic mass is 9.92. The highest BCUT2D eigenvalue weighted by Crippen LogP contribution is 2.41. The summed E-state index contributed by atoms with van der Waals surface area (Å²) in [4.78, 5) is 21.3. The molecule has 3 aromatic rings. The molecule has 1 aliphatic carbocycles. The number of imidazole rings is 1. The number of carbonyl (C=O) groups is 1. The van der Waals surface area contributed by atoms with Gasteiger partial charge in [-0.3, -0.25) is 4.79 Å². The number of pyridine rings is 1. The lowest BCUT2D eigenvalue weighted by molar-refractivity contribution is -0.119. The van der Waals surface area contributed by atoms with Crippen LogP contribution >= 0.6 is 0 Å². The Bertz CT molecular complexity index is 1110. The van der Waals surface area contributed by atoms with Crippen LogP contribution in [0.25, 0.3) is 22.3 Å². The second-order valence-corrected chi connectivity index (χ2v) is 8.35. The Balaban J connectivity index is 1.62. The van der Waals surface area contributed by atoms with Gasteiger partial charge in [-0.2, -0.15) is 0 Å². The summed E-state index contributed by atoms with van der Waals surface area (Å²) in [7, 11) is 0. The maximum atomic E-state index is 13.8. The van der Waals surface area contributed by atoms with Crippen LogP contribution in [0.3, 0.4) is 0 Å². The van der Waals surface area contributed by atoms with E-state index in [1.54, 1.807) is 6.20 Å². The van der Waals surface area contributed by atoms with Gasteiger partial charge >= 0.3 is 0 Å². The highest BCUT2D eigenvalue weighted by Gasteiger charge is 2.38. The van der Waals surface area contributed by atoms with E-state index in [9.17, 15) is 13.6 Å². The number of alkyl halides is 2. The Labute approximate surface area is 171 Å². The van der Waals surface area contributed by atoms with E-state index < -0.39 is 5.92 Å². The largest absolute Gasteiger partial charge is 0.361 e. The van der Waals surface area contributed by atoms with Gasteiger partial charge in [-0.15, -0.1) is 0 Å². The molecule has 1 N–H and O–H groups in total. The van der Waals surface area contributed by atoms with Gasteiger partial charge in [-0.1, -0.05) is 5.16 Å². The van der Waals surface area contributed by atoms with E-state index in [1.807, 2.05) is 24.5 Å². The van der Waals surface area contributed by atoms with E-state index in [0.717, 1.165) is 16.8 Å². The number of amides is 1. The van der Waals surface area contributed by atoms with Gasteiger partial charge in [0.25, 0.3) is 0 Å². The number of halogens is 2. The number of nitrogens with zero attached hydrogens (tertiary/aromatic N) is 4. The lowest BCUT2D eigenvalue weighted by Crippen LogP contribution is -2.29. The second-order valence-electron chi connectivity index (χ2n) is 8.35. The smallest absolute Gasteiger partial charge is 0.248 e. The van der Waals surface area contributed by atoms with Crippen LogP contribution in [0.15, 0.2) is 16.8 Å². The molecule has 0 spiro atoms.